The van der Waals surface area contributed by atoms with Crippen molar-refractivity contribution in [3.63, 3.8) is 0 Å². The van der Waals surface area contributed by atoms with Gasteiger partial charge in [-0.3, -0.25) is 0 Å². The molecular weight excluding hydrogens is 216 g/mol. The Morgan fingerprint density at radius 1 is 1.18 bits per heavy atom. The van der Waals surface area contributed by atoms with Crippen molar-refractivity contribution in [1.29, 1.82) is 0 Å². The fourth-order valence-corrected chi connectivity index (χ4v) is 1.59. The molecule has 0 atom stereocenters. The van der Waals surface area contributed by atoms with Crippen molar-refractivity contribution >= 4 is 0 Å². The highest BCUT2D eigenvalue weighted by Crippen LogP contribution is 2.15. The van der Waals surface area contributed by atoms with E-state index in [1.54, 1.807) is 7.11 Å². The summed E-state index contributed by atoms with van der Waals surface area (Å²) in [7, 11) is 1.66. The second-order valence-corrected chi connectivity index (χ2v) is 3.61. The molecule has 17 heavy (non-hydrogen) atoms. The first-order valence-electron chi connectivity index (χ1n) is 5.60. The zero-order valence-electron chi connectivity index (χ0n) is 10.1. The van der Waals surface area contributed by atoms with Crippen LogP contribution in [0.1, 0.15) is 12.6 Å². The van der Waals surface area contributed by atoms with E-state index in [-0.39, 0.29) is 0 Å². The fourth-order valence-electron chi connectivity index (χ4n) is 1.59. The third-order valence-corrected chi connectivity index (χ3v) is 2.35. The Morgan fingerprint density at radius 2 is 1.94 bits per heavy atom. The van der Waals surface area contributed by atoms with Gasteiger partial charge in [-0.15, -0.1) is 0 Å². The van der Waals surface area contributed by atoms with Crippen LogP contribution in [-0.4, -0.2) is 23.5 Å². The fraction of sp³-hybridized carbons (Fsp3) is 0.308. The molecule has 0 unspecified atom stereocenters. The van der Waals surface area contributed by atoms with E-state index in [1.807, 2.05) is 48.1 Å². The molecule has 0 N–H and O–H groups in total. The minimum Gasteiger partial charge on any atom is -0.494 e. The van der Waals surface area contributed by atoms with Crippen LogP contribution in [0, 0.1) is 0 Å². The van der Waals surface area contributed by atoms with Gasteiger partial charge in [-0.1, -0.05) is 0 Å². The summed E-state index contributed by atoms with van der Waals surface area (Å²) in [6.07, 6.45) is 1.92. The van der Waals surface area contributed by atoms with Gasteiger partial charge in [-0.05, 0) is 37.3 Å². The maximum Gasteiger partial charge on any atom is 0.119 e. The summed E-state index contributed by atoms with van der Waals surface area (Å²) >= 11 is 0. The average molecular weight is 232 g/mol. The molecule has 2 aromatic rings. The molecule has 4 nitrogen and oxygen atoms in total. The van der Waals surface area contributed by atoms with Crippen molar-refractivity contribution in [2.24, 2.45) is 0 Å². The van der Waals surface area contributed by atoms with E-state index in [2.05, 4.69) is 5.10 Å². The summed E-state index contributed by atoms with van der Waals surface area (Å²) in [5, 5.41) is 4.40. The maximum atomic E-state index is 5.39. The number of rotatable bonds is 5. The Balaban J connectivity index is 2.15. The highest BCUT2D eigenvalue weighted by molar-refractivity contribution is 5.36. The van der Waals surface area contributed by atoms with E-state index >= 15 is 0 Å². The molecule has 0 spiro atoms. The molecule has 2 rings (SSSR count). The van der Waals surface area contributed by atoms with Crippen LogP contribution < -0.4 is 4.74 Å². The minimum absolute atomic E-state index is 0.532. The second kappa shape index (κ2) is 5.50. The van der Waals surface area contributed by atoms with Gasteiger partial charge < -0.3 is 9.47 Å². The third-order valence-electron chi connectivity index (χ3n) is 2.35. The number of benzene rings is 1. The summed E-state index contributed by atoms with van der Waals surface area (Å²) in [4.78, 5) is 0. The van der Waals surface area contributed by atoms with Crippen molar-refractivity contribution in [3.05, 3.63) is 42.2 Å². The van der Waals surface area contributed by atoms with Gasteiger partial charge in [0.2, 0.25) is 0 Å². The van der Waals surface area contributed by atoms with Crippen molar-refractivity contribution in [1.82, 2.24) is 9.78 Å². The zero-order chi connectivity index (χ0) is 12.1. The predicted octanol–water partition coefficient (Wildman–Crippen LogP) is 2.42. The first-order chi connectivity index (χ1) is 8.33. The summed E-state index contributed by atoms with van der Waals surface area (Å²) in [6, 6.07) is 9.79. The van der Waals surface area contributed by atoms with Crippen molar-refractivity contribution in [2.45, 2.75) is 13.5 Å². The first kappa shape index (κ1) is 11.7. The Bertz CT molecular complexity index is 463. The van der Waals surface area contributed by atoms with Crippen LogP contribution in [0.3, 0.4) is 0 Å². The number of nitrogens with zero attached hydrogens (tertiary/aromatic N) is 2. The normalized spacial score (nSPS) is 10.5. The number of hydrogen-bond donors (Lipinski definition) is 0. The largest absolute Gasteiger partial charge is 0.494 e. The highest BCUT2D eigenvalue weighted by atomic mass is 16.5. The van der Waals surface area contributed by atoms with Crippen molar-refractivity contribution < 1.29 is 9.47 Å². The van der Waals surface area contributed by atoms with Gasteiger partial charge in [0.25, 0.3) is 0 Å². The third kappa shape index (κ3) is 2.85. The van der Waals surface area contributed by atoms with Gasteiger partial charge in [-0.2, -0.15) is 5.10 Å². The lowest BCUT2D eigenvalue weighted by Gasteiger charge is -2.04. The molecule has 0 aliphatic carbocycles. The molecule has 0 fully saturated rings. The summed E-state index contributed by atoms with van der Waals surface area (Å²) < 4.78 is 12.2. The summed E-state index contributed by atoms with van der Waals surface area (Å²) in [5.74, 6) is 0.875. The first-order valence-corrected chi connectivity index (χ1v) is 5.60. The van der Waals surface area contributed by atoms with Gasteiger partial charge in [0.15, 0.2) is 0 Å². The van der Waals surface area contributed by atoms with E-state index < -0.39 is 0 Å². The lowest BCUT2D eigenvalue weighted by Crippen LogP contribution is -1.97. The highest BCUT2D eigenvalue weighted by Gasteiger charge is 2.01. The van der Waals surface area contributed by atoms with E-state index in [0.29, 0.717) is 13.2 Å². The molecule has 0 aliphatic rings. The van der Waals surface area contributed by atoms with E-state index in [1.165, 1.54) is 0 Å². The van der Waals surface area contributed by atoms with Crippen LogP contribution in [0.4, 0.5) is 0 Å². The Hall–Kier alpha value is -1.81. The molecule has 1 aromatic heterocycles. The van der Waals surface area contributed by atoms with Crippen LogP contribution in [0.2, 0.25) is 0 Å². The van der Waals surface area contributed by atoms with Gasteiger partial charge in [0.05, 0.1) is 24.6 Å². The number of methoxy groups -OCH3 is 1. The number of aromatic nitrogens is 2. The van der Waals surface area contributed by atoms with Gasteiger partial charge >= 0.3 is 0 Å². The van der Waals surface area contributed by atoms with E-state index in [4.69, 9.17) is 9.47 Å². The molecular formula is C13H16N2O2. The smallest absolute Gasteiger partial charge is 0.119 e. The summed E-state index contributed by atoms with van der Waals surface area (Å²) in [6.45, 7) is 3.18. The topological polar surface area (TPSA) is 36.3 Å². The Kier molecular flexibility index (Phi) is 3.77. The standard InChI is InChI=1S/C13H16N2O2/c1-3-17-13-6-4-12(5-7-13)15-9-8-11(14-15)10-16-2/h4-9H,3,10H2,1-2H3. The molecule has 0 amide bonds. The molecule has 0 bridgehead atoms. The Morgan fingerprint density at radius 3 is 2.59 bits per heavy atom. The monoisotopic (exact) mass is 232 g/mol. The molecule has 90 valence electrons. The van der Waals surface area contributed by atoms with Crippen LogP contribution in [-0.2, 0) is 11.3 Å². The van der Waals surface area contributed by atoms with Crippen LogP contribution in [0.25, 0.3) is 5.69 Å². The molecule has 0 saturated carbocycles. The average Bonchev–Trinajstić information content (AvgIpc) is 2.80. The minimum atomic E-state index is 0.532. The maximum absolute atomic E-state index is 5.39. The van der Waals surface area contributed by atoms with E-state index in [9.17, 15) is 0 Å². The van der Waals surface area contributed by atoms with Gasteiger partial charge in [0, 0.05) is 13.3 Å². The van der Waals surface area contributed by atoms with Gasteiger partial charge in [-0.25, -0.2) is 4.68 Å². The lowest BCUT2D eigenvalue weighted by atomic mass is 10.3. The molecule has 0 aliphatic heterocycles. The van der Waals surface area contributed by atoms with Crippen LogP contribution in [0.5, 0.6) is 5.75 Å². The number of ether oxygens (including phenoxy) is 2. The zero-order valence-corrected chi connectivity index (χ0v) is 10.1. The van der Waals surface area contributed by atoms with Crippen molar-refractivity contribution in [2.75, 3.05) is 13.7 Å². The van der Waals surface area contributed by atoms with E-state index in [0.717, 1.165) is 17.1 Å². The second-order valence-electron chi connectivity index (χ2n) is 3.61. The molecule has 0 saturated heterocycles. The summed E-state index contributed by atoms with van der Waals surface area (Å²) in [5.41, 5.74) is 1.93. The molecule has 1 aromatic carbocycles. The molecule has 4 heteroatoms. The van der Waals surface area contributed by atoms with Crippen LogP contribution in [0.15, 0.2) is 36.5 Å². The Labute approximate surface area is 101 Å². The predicted molar refractivity (Wildman–Crippen MR) is 65.4 cm³/mol. The van der Waals surface area contributed by atoms with Gasteiger partial charge in [0.1, 0.15) is 5.75 Å². The molecule has 0 radical (unpaired) electrons. The lowest BCUT2D eigenvalue weighted by molar-refractivity contribution is 0.181. The molecule has 1 heterocycles. The SMILES string of the molecule is CCOc1ccc(-n2ccc(COC)n2)cc1. The quantitative estimate of drug-likeness (QED) is 0.794. The number of hydrogen-bond acceptors (Lipinski definition) is 3. The van der Waals surface area contributed by atoms with Crippen LogP contribution >= 0.6 is 0 Å². The van der Waals surface area contributed by atoms with Crippen molar-refractivity contribution in [3.8, 4) is 11.4 Å².